The maximum absolute atomic E-state index is 13.4. The van der Waals surface area contributed by atoms with E-state index in [0.29, 0.717) is 6.54 Å². The molecule has 1 aliphatic rings. The van der Waals surface area contributed by atoms with Crippen molar-refractivity contribution in [2.75, 3.05) is 20.1 Å². The number of nitrogens with zero attached hydrogens (tertiary/aromatic N) is 1. The normalized spacial score (nSPS) is 23.1. The number of nitrogens with one attached hydrogen (secondary N) is 1. The number of amides is 1. The lowest BCUT2D eigenvalue weighted by Gasteiger charge is -2.15. The lowest BCUT2D eigenvalue weighted by atomic mass is 10.2. The molecule has 1 rings (SSSR count). The fraction of sp³-hybridized carbons (Fsp3) is 0.727. The smallest absolute Gasteiger partial charge is 0.279 e. The molecule has 0 radical (unpaired) electrons. The summed E-state index contributed by atoms with van der Waals surface area (Å²) >= 11 is 0. The Morgan fingerprint density at radius 3 is 2.93 bits per heavy atom. The number of halogens is 1. The average Bonchev–Trinajstić information content (AvgIpc) is 2.61. The summed E-state index contributed by atoms with van der Waals surface area (Å²) in [6, 6.07) is 0.0809. The van der Waals surface area contributed by atoms with Crippen LogP contribution in [0.2, 0.25) is 0 Å². The Morgan fingerprint density at radius 1 is 1.67 bits per heavy atom. The SMILES string of the molecule is CCCNC(=O)/C(F)=C\[C@H]1CCCN1C. The Kier molecular flexibility index (Phi) is 4.75. The predicted octanol–water partition coefficient (Wildman–Crippen LogP) is 1.46. The quantitative estimate of drug-likeness (QED) is 0.719. The van der Waals surface area contributed by atoms with Crippen LogP contribution >= 0.6 is 0 Å². The molecular weight excluding hydrogens is 195 g/mol. The van der Waals surface area contributed by atoms with Gasteiger partial charge in [0.25, 0.3) is 5.91 Å². The molecule has 0 unspecified atom stereocenters. The van der Waals surface area contributed by atoms with Gasteiger partial charge >= 0.3 is 0 Å². The van der Waals surface area contributed by atoms with Crippen LogP contribution in [0.3, 0.4) is 0 Å². The van der Waals surface area contributed by atoms with Gasteiger partial charge < -0.3 is 5.32 Å². The fourth-order valence-electron chi connectivity index (χ4n) is 1.71. The van der Waals surface area contributed by atoms with Crippen molar-refractivity contribution in [3.8, 4) is 0 Å². The van der Waals surface area contributed by atoms with Crippen LogP contribution in [0.5, 0.6) is 0 Å². The van der Waals surface area contributed by atoms with Crippen LogP contribution in [0.15, 0.2) is 11.9 Å². The van der Waals surface area contributed by atoms with E-state index in [1.807, 2.05) is 14.0 Å². The highest BCUT2D eigenvalue weighted by molar-refractivity contribution is 5.91. The van der Waals surface area contributed by atoms with E-state index in [-0.39, 0.29) is 6.04 Å². The molecule has 0 aromatic heterocycles. The minimum absolute atomic E-state index is 0.0809. The van der Waals surface area contributed by atoms with Crippen LogP contribution < -0.4 is 5.32 Å². The van der Waals surface area contributed by atoms with Crippen molar-refractivity contribution < 1.29 is 9.18 Å². The predicted molar refractivity (Wildman–Crippen MR) is 58.1 cm³/mol. The number of rotatable bonds is 4. The zero-order valence-electron chi connectivity index (χ0n) is 9.42. The molecule has 0 spiro atoms. The van der Waals surface area contributed by atoms with Gasteiger partial charge in [-0.15, -0.1) is 0 Å². The van der Waals surface area contributed by atoms with Crippen molar-refractivity contribution in [3.05, 3.63) is 11.9 Å². The minimum Gasteiger partial charge on any atom is -0.350 e. The van der Waals surface area contributed by atoms with Crippen molar-refractivity contribution in [1.82, 2.24) is 10.2 Å². The zero-order valence-corrected chi connectivity index (χ0v) is 9.42. The third kappa shape index (κ3) is 3.63. The standard InChI is InChI=1S/C11H19FN2O/c1-3-6-13-11(15)10(12)8-9-5-4-7-14(9)2/h8-9H,3-7H2,1-2H3,(H,13,15)/b10-8+/t9-/m1/s1. The Balaban J connectivity index is 2.47. The van der Waals surface area contributed by atoms with Gasteiger partial charge in [0.1, 0.15) is 0 Å². The van der Waals surface area contributed by atoms with Gasteiger partial charge in [-0.3, -0.25) is 9.69 Å². The van der Waals surface area contributed by atoms with Gasteiger partial charge in [-0.25, -0.2) is 4.39 Å². The molecule has 1 amide bonds. The van der Waals surface area contributed by atoms with Gasteiger partial charge in [-0.2, -0.15) is 0 Å². The summed E-state index contributed by atoms with van der Waals surface area (Å²) in [5, 5.41) is 2.52. The molecule has 1 fully saturated rings. The van der Waals surface area contributed by atoms with E-state index in [1.165, 1.54) is 6.08 Å². The number of likely N-dealkylation sites (tertiary alicyclic amines) is 1. The molecular formula is C11H19FN2O. The van der Waals surface area contributed by atoms with E-state index in [2.05, 4.69) is 10.2 Å². The summed E-state index contributed by atoms with van der Waals surface area (Å²) in [5.74, 6) is -1.24. The van der Waals surface area contributed by atoms with Crippen molar-refractivity contribution in [1.29, 1.82) is 0 Å². The number of hydrogen-bond donors (Lipinski definition) is 1. The molecule has 1 atom stereocenters. The second kappa shape index (κ2) is 5.85. The Bertz CT molecular complexity index is 253. The van der Waals surface area contributed by atoms with Crippen LogP contribution in [0, 0.1) is 0 Å². The van der Waals surface area contributed by atoms with Gasteiger partial charge in [-0.05, 0) is 38.9 Å². The third-order valence-corrected chi connectivity index (χ3v) is 2.67. The first-order chi connectivity index (χ1) is 7.15. The second-order valence-electron chi connectivity index (χ2n) is 3.96. The molecule has 0 aromatic rings. The highest BCUT2D eigenvalue weighted by atomic mass is 19.1. The molecule has 0 aromatic carbocycles. The van der Waals surface area contributed by atoms with Gasteiger partial charge in [0, 0.05) is 12.6 Å². The van der Waals surface area contributed by atoms with Crippen molar-refractivity contribution in [2.24, 2.45) is 0 Å². The molecule has 0 saturated carbocycles. The molecule has 1 N–H and O–H groups in total. The van der Waals surface area contributed by atoms with Crippen molar-refractivity contribution in [2.45, 2.75) is 32.2 Å². The first kappa shape index (κ1) is 12.2. The number of carbonyl (C=O) groups excluding carboxylic acids is 1. The van der Waals surface area contributed by atoms with Gasteiger partial charge in [-0.1, -0.05) is 6.92 Å². The third-order valence-electron chi connectivity index (χ3n) is 2.67. The topological polar surface area (TPSA) is 32.3 Å². The van der Waals surface area contributed by atoms with E-state index in [1.54, 1.807) is 0 Å². The largest absolute Gasteiger partial charge is 0.350 e. The van der Waals surface area contributed by atoms with E-state index < -0.39 is 11.7 Å². The van der Waals surface area contributed by atoms with Gasteiger partial charge in [0.05, 0.1) is 0 Å². The fourth-order valence-corrected chi connectivity index (χ4v) is 1.71. The van der Waals surface area contributed by atoms with Crippen molar-refractivity contribution >= 4 is 5.91 Å². The molecule has 0 bridgehead atoms. The Hall–Kier alpha value is -0.900. The Labute approximate surface area is 90.3 Å². The summed E-state index contributed by atoms with van der Waals surface area (Å²) in [5.41, 5.74) is 0. The summed E-state index contributed by atoms with van der Waals surface area (Å²) in [6.45, 7) is 3.44. The summed E-state index contributed by atoms with van der Waals surface area (Å²) in [6.07, 6.45) is 4.26. The van der Waals surface area contributed by atoms with Crippen LogP contribution in [0.1, 0.15) is 26.2 Å². The van der Waals surface area contributed by atoms with E-state index in [9.17, 15) is 9.18 Å². The average molecular weight is 214 g/mol. The van der Waals surface area contributed by atoms with E-state index in [4.69, 9.17) is 0 Å². The molecule has 3 nitrogen and oxygen atoms in total. The number of likely N-dealkylation sites (N-methyl/N-ethyl adjacent to an activating group) is 1. The molecule has 1 heterocycles. The first-order valence-electron chi connectivity index (χ1n) is 5.51. The zero-order chi connectivity index (χ0) is 11.3. The van der Waals surface area contributed by atoms with E-state index in [0.717, 1.165) is 25.8 Å². The van der Waals surface area contributed by atoms with Crippen LogP contribution in [0.25, 0.3) is 0 Å². The van der Waals surface area contributed by atoms with E-state index >= 15 is 0 Å². The highest BCUT2D eigenvalue weighted by Gasteiger charge is 2.20. The second-order valence-corrected chi connectivity index (χ2v) is 3.96. The number of hydrogen-bond acceptors (Lipinski definition) is 2. The summed E-state index contributed by atoms with van der Waals surface area (Å²) < 4.78 is 13.4. The van der Waals surface area contributed by atoms with Crippen LogP contribution in [0.4, 0.5) is 4.39 Å². The molecule has 15 heavy (non-hydrogen) atoms. The maximum atomic E-state index is 13.4. The van der Waals surface area contributed by atoms with Crippen molar-refractivity contribution in [3.63, 3.8) is 0 Å². The molecule has 1 saturated heterocycles. The lowest BCUT2D eigenvalue weighted by Crippen LogP contribution is -2.27. The van der Waals surface area contributed by atoms with Crippen LogP contribution in [-0.2, 0) is 4.79 Å². The molecule has 0 aliphatic carbocycles. The first-order valence-corrected chi connectivity index (χ1v) is 5.51. The minimum atomic E-state index is -0.651. The molecule has 1 aliphatic heterocycles. The lowest BCUT2D eigenvalue weighted by molar-refractivity contribution is -0.118. The Morgan fingerprint density at radius 2 is 2.40 bits per heavy atom. The van der Waals surface area contributed by atoms with Crippen LogP contribution in [-0.4, -0.2) is 37.0 Å². The molecule has 4 heteroatoms. The maximum Gasteiger partial charge on any atom is 0.279 e. The highest BCUT2D eigenvalue weighted by Crippen LogP contribution is 2.17. The van der Waals surface area contributed by atoms with Gasteiger partial charge in [0.2, 0.25) is 0 Å². The number of carbonyl (C=O) groups is 1. The molecule has 86 valence electrons. The monoisotopic (exact) mass is 214 g/mol. The summed E-state index contributed by atoms with van der Waals surface area (Å²) in [4.78, 5) is 13.3. The summed E-state index contributed by atoms with van der Waals surface area (Å²) in [7, 11) is 1.95. The van der Waals surface area contributed by atoms with Gasteiger partial charge in [0.15, 0.2) is 5.83 Å².